The molecule has 10 heteroatoms. The average Bonchev–Trinajstić information content (AvgIpc) is 2.95. The van der Waals surface area contributed by atoms with Gasteiger partial charge in [0.25, 0.3) is 0 Å². The molecule has 0 aliphatic carbocycles. The van der Waals surface area contributed by atoms with Crippen LogP contribution in [0.1, 0.15) is 31.4 Å². The van der Waals surface area contributed by atoms with Crippen molar-refractivity contribution in [1.82, 2.24) is 0 Å². The van der Waals surface area contributed by atoms with E-state index < -0.39 is 14.8 Å². The second kappa shape index (κ2) is 15.3. The van der Waals surface area contributed by atoms with Crippen molar-refractivity contribution in [3.63, 3.8) is 0 Å². The van der Waals surface area contributed by atoms with Crippen molar-refractivity contribution in [2.45, 2.75) is 31.7 Å². The maximum absolute atomic E-state index is 12.0. The standard InChI is InChI=1S/C28H38O9Si/c1-7-26(29)36-19-17-34-24-12-8-22(9-13-24)28(2,3)23-10-14-25(15-11-23)35-18-20-37-27(30)16-21-38(31-4,32-5)33-6/h7-15H,1,16-21H2,2-6H3. The van der Waals surface area contributed by atoms with Crippen molar-refractivity contribution in [2.24, 2.45) is 0 Å². The molecule has 0 atom stereocenters. The molecule has 0 aliphatic heterocycles. The van der Waals surface area contributed by atoms with Crippen LogP contribution in [0.4, 0.5) is 0 Å². The Bertz CT molecular complexity index is 1010. The van der Waals surface area contributed by atoms with Crippen LogP contribution in [0.15, 0.2) is 61.2 Å². The highest BCUT2D eigenvalue weighted by Crippen LogP contribution is 2.33. The van der Waals surface area contributed by atoms with E-state index in [0.717, 1.165) is 17.2 Å². The van der Waals surface area contributed by atoms with Crippen molar-refractivity contribution in [2.75, 3.05) is 47.8 Å². The Morgan fingerprint density at radius 2 is 1.21 bits per heavy atom. The molecular weight excluding hydrogens is 508 g/mol. The fourth-order valence-corrected chi connectivity index (χ4v) is 5.28. The summed E-state index contributed by atoms with van der Waals surface area (Å²) >= 11 is 0. The van der Waals surface area contributed by atoms with Gasteiger partial charge in [-0.1, -0.05) is 44.7 Å². The van der Waals surface area contributed by atoms with E-state index >= 15 is 0 Å². The minimum Gasteiger partial charge on any atom is -0.490 e. The molecule has 0 saturated carbocycles. The van der Waals surface area contributed by atoms with Gasteiger partial charge in [0.15, 0.2) is 0 Å². The van der Waals surface area contributed by atoms with Crippen LogP contribution < -0.4 is 9.47 Å². The van der Waals surface area contributed by atoms with Gasteiger partial charge in [-0.15, -0.1) is 0 Å². The lowest BCUT2D eigenvalue weighted by atomic mass is 9.78. The molecule has 9 nitrogen and oxygen atoms in total. The Labute approximate surface area is 226 Å². The lowest BCUT2D eigenvalue weighted by molar-refractivity contribution is -0.144. The Kier molecular flexibility index (Phi) is 12.5. The topological polar surface area (TPSA) is 98.8 Å². The molecule has 0 N–H and O–H groups in total. The monoisotopic (exact) mass is 546 g/mol. The maximum Gasteiger partial charge on any atom is 0.500 e. The first-order chi connectivity index (χ1) is 18.2. The zero-order valence-corrected chi connectivity index (χ0v) is 23.8. The van der Waals surface area contributed by atoms with Gasteiger partial charge in [0.05, 0.1) is 0 Å². The van der Waals surface area contributed by atoms with Crippen molar-refractivity contribution in [1.29, 1.82) is 0 Å². The Balaban J connectivity index is 1.80. The van der Waals surface area contributed by atoms with Crippen LogP contribution in [0.3, 0.4) is 0 Å². The highest BCUT2D eigenvalue weighted by Gasteiger charge is 2.38. The summed E-state index contributed by atoms with van der Waals surface area (Å²) in [5.41, 5.74) is 1.98. The van der Waals surface area contributed by atoms with E-state index in [1.165, 1.54) is 21.3 Å². The minimum atomic E-state index is -2.80. The van der Waals surface area contributed by atoms with Crippen molar-refractivity contribution < 1.29 is 41.8 Å². The van der Waals surface area contributed by atoms with E-state index in [0.29, 0.717) is 17.5 Å². The lowest BCUT2D eigenvalue weighted by Gasteiger charge is -2.26. The smallest absolute Gasteiger partial charge is 0.490 e. The number of benzene rings is 2. The normalized spacial score (nSPS) is 11.5. The van der Waals surface area contributed by atoms with Gasteiger partial charge in [-0.25, -0.2) is 4.79 Å². The van der Waals surface area contributed by atoms with E-state index in [2.05, 4.69) is 20.4 Å². The fraction of sp³-hybridized carbons (Fsp3) is 0.429. The molecule has 208 valence electrons. The summed E-state index contributed by atoms with van der Waals surface area (Å²) in [5.74, 6) is 0.552. The largest absolute Gasteiger partial charge is 0.500 e. The summed E-state index contributed by atoms with van der Waals surface area (Å²) in [7, 11) is 1.72. The van der Waals surface area contributed by atoms with E-state index in [1.807, 2.05) is 48.5 Å². The molecule has 0 fully saturated rings. The number of rotatable bonds is 17. The number of carbonyl (C=O) groups is 2. The van der Waals surface area contributed by atoms with Gasteiger partial charge < -0.3 is 32.2 Å². The van der Waals surface area contributed by atoms with Crippen LogP contribution in [-0.2, 0) is 37.8 Å². The molecule has 0 bridgehead atoms. The molecule has 0 heterocycles. The third kappa shape index (κ3) is 9.28. The third-order valence-electron chi connectivity index (χ3n) is 6.10. The molecule has 2 aromatic carbocycles. The van der Waals surface area contributed by atoms with Gasteiger partial charge in [0.2, 0.25) is 0 Å². The lowest BCUT2D eigenvalue weighted by Crippen LogP contribution is -2.43. The Hall–Kier alpha value is -3.18. The summed E-state index contributed by atoms with van der Waals surface area (Å²) < 4.78 is 37.4. The highest BCUT2D eigenvalue weighted by molar-refractivity contribution is 6.60. The van der Waals surface area contributed by atoms with Gasteiger partial charge in [0, 0.05) is 45.3 Å². The van der Waals surface area contributed by atoms with Crippen LogP contribution in [0, 0.1) is 0 Å². The van der Waals surface area contributed by atoms with Crippen LogP contribution in [0.25, 0.3) is 0 Å². The number of carbonyl (C=O) groups excluding carboxylic acids is 2. The molecule has 0 aromatic heterocycles. The van der Waals surface area contributed by atoms with Crippen molar-refractivity contribution in [3.8, 4) is 11.5 Å². The van der Waals surface area contributed by atoms with Crippen LogP contribution in [0.2, 0.25) is 6.04 Å². The van der Waals surface area contributed by atoms with E-state index in [-0.39, 0.29) is 44.2 Å². The molecular formula is C28H38O9Si. The van der Waals surface area contributed by atoms with Crippen LogP contribution in [-0.4, -0.2) is 68.5 Å². The molecule has 0 spiro atoms. The van der Waals surface area contributed by atoms with Gasteiger partial charge >= 0.3 is 20.7 Å². The predicted molar refractivity (Wildman–Crippen MR) is 144 cm³/mol. The van der Waals surface area contributed by atoms with Gasteiger partial charge in [-0.05, 0) is 35.4 Å². The molecule has 0 unspecified atom stereocenters. The second-order valence-corrected chi connectivity index (χ2v) is 11.8. The summed E-state index contributed by atoms with van der Waals surface area (Å²) in [6.45, 7) is 8.44. The number of hydrogen-bond donors (Lipinski definition) is 0. The Morgan fingerprint density at radius 3 is 1.63 bits per heavy atom. The van der Waals surface area contributed by atoms with Gasteiger partial charge in [-0.3, -0.25) is 4.79 Å². The zero-order valence-electron chi connectivity index (χ0n) is 22.8. The molecule has 2 aromatic rings. The summed E-state index contributed by atoms with van der Waals surface area (Å²) in [5, 5.41) is 0. The second-order valence-electron chi connectivity index (χ2n) is 8.76. The summed E-state index contributed by atoms with van der Waals surface area (Å²) in [6, 6.07) is 16.0. The fourth-order valence-electron chi connectivity index (χ4n) is 3.66. The Morgan fingerprint density at radius 1 is 0.763 bits per heavy atom. The summed E-state index contributed by atoms with van der Waals surface area (Å²) in [4.78, 5) is 23.1. The van der Waals surface area contributed by atoms with Crippen molar-refractivity contribution in [3.05, 3.63) is 72.3 Å². The van der Waals surface area contributed by atoms with E-state index in [4.69, 9.17) is 32.2 Å². The quantitative estimate of drug-likeness (QED) is 0.124. The first-order valence-corrected chi connectivity index (χ1v) is 14.2. The van der Waals surface area contributed by atoms with E-state index in [1.54, 1.807) is 0 Å². The molecule has 0 amide bonds. The molecule has 2 rings (SSSR count). The first kappa shape index (κ1) is 31.0. The zero-order chi connectivity index (χ0) is 28.0. The van der Waals surface area contributed by atoms with E-state index in [9.17, 15) is 9.59 Å². The number of ether oxygens (including phenoxy) is 4. The number of esters is 2. The number of hydrogen-bond acceptors (Lipinski definition) is 9. The molecule has 0 saturated heterocycles. The van der Waals surface area contributed by atoms with Crippen LogP contribution >= 0.6 is 0 Å². The average molecular weight is 547 g/mol. The molecule has 0 aliphatic rings. The SMILES string of the molecule is C=CC(=O)OCCOc1ccc(C(C)(C)c2ccc(OCCOC(=O)CC[Si](OC)(OC)OC)cc2)cc1. The maximum atomic E-state index is 12.0. The van der Waals surface area contributed by atoms with Gasteiger partial charge in [0.1, 0.15) is 37.9 Å². The van der Waals surface area contributed by atoms with Crippen LogP contribution in [0.5, 0.6) is 11.5 Å². The van der Waals surface area contributed by atoms with Gasteiger partial charge in [-0.2, -0.15) is 0 Å². The molecule has 38 heavy (non-hydrogen) atoms. The molecule has 0 radical (unpaired) electrons. The summed E-state index contributed by atoms with van der Waals surface area (Å²) in [6.07, 6.45) is 1.26. The highest BCUT2D eigenvalue weighted by atomic mass is 28.4. The predicted octanol–water partition coefficient (Wildman–Crippen LogP) is 4.31. The third-order valence-corrected chi connectivity index (χ3v) is 8.83. The van der Waals surface area contributed by atoms with Crippen molar-refractivity contribution >= 4 is 20.7 Å². The minimum absolute atomic E-state index is 0.138. The first-order valence-electron chi connectivity index (χ1n) is 12.3.